The molecule has 23 heavy (non-hydrogen) atoms. The van der Waals surface area contributed by atoms with Crippen LogP contribution in [-0.2, 0) is 10.2 Å². The summed E-state index contributed by atoms with van der Waals surface area (Å²) in [6.07, 6.45) is 0. The number of aromatic nitrogens is 1. The molecule has 0 radical (unpaired) electrons. The third-order valence-corrected chi connectivity index (χ3v) is 4.82. The Hall–Kier alpha value is -2.40. The summed E-state index contributed by atoms with van der Waals surface area (Å²) in [5.41, 5.74) is 1.10. The molecular formula is C18H18N2O2S. The standard InChI is InChI=1S/C18H18N2O2S/c1-18(2,12-8-5-4-6-9-12)16(21)20-17-19-15-13(22-3)10-7-11-14(15)23-17/h4-11H,1-3H3,(H,19,20,21). The van der Waals surface area contributed by atoms with Crippen LogP contribution in [0.4, 0.5) is 5.13 Å². The van der Waals surface area contributed by atoms with Crippen molar-refractivity contribution < 1.29 is 9.53 Å². The molecule has 0 unspecified atom stereocenters. The molecule has 0 saturated carbocycles. The van der Waals surface area contributed by atoms with Gasteiger partial charge in [0.05, 0.1) is 17.2 Å². The van der Waals surface area contributed by atoms with Crippen molar-refractivity contribution in [1.82, 2.24) is 4.98 Å². The number of methoxy groups -OCH3 is 1. The molecular weight excluding hydrogens is 308 g/mol. The monoisotopic (exact) mass is 326 g/mol. The molecule has 0 saturated heterocycles. The zero-order chi connectivity index (χ0) is 16.4. The molecule has 0 bridgehead atoms. The Bertz CT molecular complexity index is 841. The zero-order valence-corrected chi connectivity index (χ0v) is 14.1. The SMILES string of the molecule is COc1cccc2sc(NC(=O)C(C)(C)c3ccccc3)nc12. The van der Waals surface area contributed by atoms with Crippen LogP contribution in [0.2, 0.25) is 0 Å². The first kappa shape index (κ1) is 15.5. The number of carbonyl (C=O) groups is 1. The molecule has 0 aliphatic carbocycles. The highest BCUT2D eigenvalue weighted by atomic mass is 32.1. The summed E-state index contributed by atoms with van der Waals surface area (Å²) in [5.74, 6) is 0.628. The van der Waals surface area contributed by atoms with Gasteiger partial charge in [-0.25, -0.2) is 4.98 Å². The van der Waals surface area contributed by atoms with Crippen LogP contribution < -0.4 is 10.1 Å². The number of fused-ring (bicyclic) bond motifs is 1. The first-order chi connectivity index (χ1) is 11.0. The number of para-hydroxylation sites is 1. The molecule has 3 rings (SSSR count). The van der Waals surface area contributed by atoms with E-state index >= 15 is 0 Å². The van der Waals surface area contributed by atoms with Gasteiger partial charge in [0.25, 0.3) is 0 Å². The van der Waals surface area contributed by atoms with Crippen molar-refractivity contribution in [1.29, 1.82) is 0 Å². The van der Waals surface area contributed by atoms with Gasteiger partial charge in [0.1, 0.15) is 11.3 Å². The smallest absolute Gasteiger partial charge is 0.236 e. The van der Waals surface area contributed by atoms with Gasteiger partial charge in [0.2, 0.25) is 5.91 Å². The molecule has 1 N–H and O–H groups in total. The third kappa shape index (κ3) is 2.92. The summed E-state index contributed by atoms with van der Waals surface area (Å²) < 4.78 is 6.30. The summed E-state index contributed by atoms with van der Waals surface area (Å²) in [6, 6.07) is 15.5. The van der Waals surface area contributed by atoms with Gasteiger partial charge in [-0.3, -0.25) is 4.79 Å². The van der Waals surface area contributed by atoms with E-state index in [1.54, 1.807) is 7.11 Å². The fourth-order valence-electron chi connectivity index (χ4n) is 2.38. The number of thiazole rings is 1. The van der Waals surface area contributed by atoms with Gasteiger partial charge in [-0.15, -0.1) is 0 Å². The number of nitrogens with one attached hydrogen (secondary N) is 1. The van der Waals surface area contributed by atoms with E-state index in [-0.39, 0.29) is 5.91 Å². The Labute approximate surface area is 139 Å². The molecule has 0 aliphatic rings. The predicted molar refractivity (Wildman–Crippen MR) is 94.3 cm³/mol. The molecule has 1 aromatic heterocycles. The molecule has 1 amide bonds. The van der Waals surface area contributed by atoms with Crippen molar-refractivity contribution in [2.75, 3.05) is 12.4 Å². The maximum absolute atomic E-state index is 12.7. The van der Waals surface area contributed by atoms with Crippen molar-refractivity contribution in [3.8, 4) is 5.75 Å². The second-order valence-corrected chi connectivity index (χ2v) is 6.80. The van der Waals surface area contributed by atoms with Crippen molar-refractivity contribution in [2.24, 2.45) is 0 Å². The van der Waals surface area contributed by atoms with Crippen LogP contribution in [0, 0.1) is 0 Å². The number of nitrogens with zero attached hydrogens (tertiary/aromatic N) is 1. The quantitative estimate of drug-likeness (QED) is 0.781. The molecule has 118 valence electrons. The summed E-state index contributed by atoms with van der Waals surface area (Å²) >= 11 is 1.44. The molecule has 2 aromatic carbocycles. The molecule has 0 spiro atoms. The van der Waals surface area contributed by atoms with Gasteiger partial charge >= 0.3 is 0 Å². The van der Waals surface area contributed by atoms with Crippen LogP contribution >= 0.6 is 11.3 Å². The first-order valence-electron chi connectivity index (χ1n) is 7.33. The Morgan fingerprint density at radius 1 is 1.13 bits per heavy atom. The minimum absolute atomic E-state index is 0.0817. The first-order valence-corrected chi connectivity index (χ1v) is 8.14. The van der Waals surface area contributed by atoms with Gasteiger partial charge in [-0.05, 0) is 31.5 Å². The maximum atomic E-state index is 12.7. The van der Waals surface area contributed by atoms with Gasteiger partial charge in [0, 0.05) is 0 Å². The average molecular weight is 326 g/mol. The lowest BCUT2D eigenvalue weighted by Gasteiger charge is -2.23. The minimum atomic E-state index is -0.636. The number of benzene rings is 2. The highest BCUT2D eigenvalue weighted by Gasteiger charge is 2.30. The Kier molecular flexibility index (Phi) is 4.05. The van der Waals surface area contributed by atoms with Crippen molar-refractivity contribution in [2.45, 2.75) is 19.3 Å². The van der Waals surface area contributed by atoms with E-state index in [2.05, 4.69) is 10.3 Å². The maximum Gasteiger partial charge on any atom is 0.236 e. The number of hydrogen-bond acceptors (Lipinski definition) is 4. The van der Waals surface area contributed by atoms with Crippen LogP contribution in [0.15, 0.2) is 48.5 Å². The number of ether oxygens (including phenoxy) is 1. The molecule has 1 heterocycles. The Balaban J connectivity index is 1.88. The van der Waals surface area contributed by atoms with Gasteiger partial charge in [-0.2, -0.15) is 0 Å². The summed E-state index contributed by atoms with van der Waals surface area (Å²) in [5, 5.41) is 3.52. The lowest BCUT2D eigenvalue weighted by Crippen LogP contribution is -2.34. The van der Waals surface area contributed by atoms with E-state index in [9.17, 15) is 4.79 Å². The number of anilines is 1. The molecule has 0 fully saturated rings. The number of amides is 1. The fraction of sp³-hybridized carbons (Fsp3) is 0.222. The lowest BCUT2D eigenvalue weighted by atomic mass is 9.84. The molecule has 0 aliphatic heterocycles. The normalized spacial score (nSPS) is 11.4. The van der Waals surface area contributed by atoms with E-state index in [1.807, 2.05) is 62.4 Å². The molecule has 5 heteroatoms. The number of hydrogen-bond donors (Lipinski definition) is 1. The van der Waals surface area contributed by atoms with Gasteiger partial charge < -0.3 is 10.1 Å². The van der Waals surface area contributed by atoms with Crippen LogP contribution in [0.5, 0.6) is 5.75 Å². The van der Waals surface area contributed by atoms with Crippen molar-refractivity contribution in [3.63, 3.8) is 0 Å². The Morgan fingerprint density at radius 3 is 2.57 bits per heavy atom. The largest absolute Gasteiger partial charge is 0.494 e. The second-order valence-electron chi connectivity index (χ2n) is 5.77. The van der Waals surface area contributed by atoms with Gasteiger partial charge in [-0.1, -0.05) is 47.7 Å². The molecule has 0 atom stereocenters. The van der Waals surface area contributed by atoms with Crippen molar-refractivity contribution in [3.05, 3.63) is 54.1 Å². The van der Waals surface area contributed by atoms with E-state index in [4.69, 9.17) is 4.74 Å². The molecule has 3 aromatic rings. The average Bonchev–Trinajstić information content (AvgIpc) is 2.97. The second kappa shape index (κ2) is 6.01. The third-order valence-electron chi connectivity index (χ3n) is 3.89. The predicted octanol–water partition coefficient (Wildman–Crippen LogP) is 4.22. The lowest BCUT2D eigenvalue weighted by molar-refractivity contribution is -0.120. The highest BCUT2D eigenvalue weighted by molar-refractivity contribution is 7.22. The van der Waals surface area contributed by atoms with E-state index in [0.717, 1.165) is 15.8 Å². The van der Waals surface area contributed by atoms with E-state index in [1.165, 1.54) is 11.3 Å². The summed E-state index contributed by atoms with van der Waals surface area (Å²) in [4.78, 5) is 17.2. The summed E-state index contributed by atoms with van der Waals surface area (Å²) in [6.45, 7) is 3.82. The van der Waals surface area contributed by atoms with E-state index in [0.29, 0.717) is 10.9 Å². The number of carbonyl (C=O) groups excluding carboxylic acids is 1. The van der Waals surface area contributed by atoms with E-state index < -0.39 is 5.41 Å². The zero-order valence-electron chi connectivity index (χ0n) is 13.3. The van der Waals surface area contributed by atoms with Crippen LogP contribution in [-0.4, -0.2) is 18.0 Å². The topological polar surface area (TPSA) is 51.2 Å². The highest BCUT2D eigenvalue weighted by Crippen LogP contribution is 2.33. The Morgan fingerprint density at radius 2 is 1.87 bits per heavy atom. The van der Waals surface area contributed by atoms with Crippen LogP contribution in [0.1, 0.15) is 19.4 Å². The number of rotatable bonds is 4. The van der Waals surface area contributed by atoms with Crippen LogP contribution in [0.25, 0.3) is 10.2 Å². The summed E-state index contributed by atoms with van der Waals surface area (Å²) in [7, 11) is 1.62. The minimum Gasteiger partial charge on any atom is -0.494 e. The van der Waals surface area contributed by atoms with Gasteiger partial charge in [0.15, 0.2) is 5.13 Å². The fourth-order valence-corrected chi connectivity index (χ4v) is 3.26. The van der Waals surface area contributed by atoms with Crippen LogP contribution in [0.3, 0.4) is 0 Å². The molecule has 4 nitrogen and oxygen atoms in total. The van der Waals surface area contributed by atoms with Crippen molar-refractivity contribution >= 4 is 32.6 Å².